The minimum atomic E-state index is 0. The van der Waals surface area contributed by atoms with Crippen LogP contribution in [0.4, 0.5) is 0 Å². The predicted molar refractivity (Wildman–Crippen MR) is 63.4 cm³/mol. The fraction of sp³-hybridized carbons (Fsp3) is 0.909. The number of morpholine rings is 1. The van der Waals surface area contributed by atoms with Crippen molar-refractivity contribution in [2.24, 2.45) is 0 Å². The van der Waals surface area contributed by atoms with Gasteiger partial charge in [0.1, 0.15) is 0 Å². The molecule has 1 amide bonds. The third kappa shape index (κ3) is 6.00. The fourth-order valence-corrected chi connectivity index (χ4v) is 1.67. The highest BCUT2D eigenvalue weighted by Gasteiger charge is 2.15. The second-order valence-corrected chi connectivity index (χ2v) is 3.80. The van der Waals surface area contributed by atoms with Crippen molar-refractivity contribution in [1.82, 2.24) is 4.90 Å². The molecule has 0 unspecified atom stereocenters. The Hall–Kier alpha value is -0.280. The zero-order chi connectivity index (χ0) is 10.2. The van der Waals surface area contributed by atoms with Crippen LogP contribution in [0.1, 0.15) is 39.0 Å². The Morgan fingerprint density at radius 3 is 2.47 bits per heavy atom. The van der Waals surface area contributed by atoms with Gasteiger partial charge < -0.3 is 9.64 Å². The van der Waals surface area contributed by atoms with Crippen LogP contribution < -0.4 is 0 Å². The molecular formula is C11H22ClNO2. The minimum Gasteiger partial charge on any atom is -0.378 e. The van der Waals surface area contributed by atoms with Crippen LogP contribution in [0.25, 0.3) is 0 Å². The number of amides is 1. The van der Waals surface area contributed by atoms with Crippen molar-refractivity contribution >= 4 is 18.3 Å². The molecule has 0 bridgehead atoms. The Labute approximate surface area is 98.6 Å². The standard InChI is InChI=1S/C11H21NO2.ClH/c1-2-3-4-5-6-11(13)12-7-9-14-10-8-12;/h2-10H2,1H3;1H. The number of hydrogen-bond donors (Lipinski definition) is 0. The summed E-state index contributed by atoms with van der Waals surface area (Å²) in [6.45, 7) is 5.17. The molecule has 1 fully saturated rings. The molecule has 0 spiro atoms. The van der Waals surface area contributed by atoms with Crippen molar-refractivity contribution in [1.29, 1.82) is 0 Å². The summed E-state index contributed by atoms with van der Waals surface area (Å²) in [5.41, 5.74) is 0. The molecule has 0 atom stereocenters. The quantitative estimate of drug-likeness (QED) is 0.684. The second kappa shape index (κ2) is 8.98. The largest absolute Gasteiger partial charge is 0.378 e. The monoisotopic (exact) mass is 235 g/mol. The van der Waals surface area contributed by atoms with Crippen molar-refractivity contribution in [2.75, 3.05) is 26.3 Å². The van der Waals surface area contributed by atoms with Crippen LogP contribution in [-0.2, 0) is 9.53 Å². The van der Waals surface area contributed by atoms with E-state index in [-0.39, 0.29) is 12.4 Å². The molecule has 0 saturated carbocycles. The Morgan fingerprint density at radius 1 is 1.20 bits per heavy atom. The number of nitrogens with zero attached hydrogens (tertiary/aromatic N) is 1. The maximum absolute atomic E-state index is 11.6. The lowest BCUT2D eigenvalue weighted by Crippen LogP contribution is -2.40. The number of rotatable bonds is 5. The van der Waals surface area contributed by atoms with Crippen molar-refractivity contribution in [3.8, 4) is 0 Å². The number of halogens is 1. The summed E-state index contributed by atoms with van der Waals surface area (Å²) >= 11 is 0. The number of unbranched alkanes of at least 4 members (excludes halogenated alkanes) is 3. The second-order valence-electron chi connectivity index (χ2n) is 3.80. The van der Waals surface area contributed by atoms with Crippen molar-refractivity contribution in [3.63, 3.8) is 0 Å². The zero-order valence-corrected chi connectivity index (χ0v) is 10.4. The molecule has 1 heterocycles. The SMILES string of the molecule is CCCCCCC(=O)N1CCOCC1.Cl. The molecule has 0 aromatic heterocycles. The van der Waals surface area contributed by atoms with Gasteiger partial charge in [0, 0.05) is 19.5 Å². The van der Waals surface area contributed by atoms with Gasteiger partial charge in [-0.25, -0.2) is 0 Å². The van der Waals surface area contributed by atoms with E-state index in [9.17, 15) is 4.79 Å². The van der Waals surface area contributed by atoms with E-state index in [1.165, 1.54) is 19.3 Å². The Kier molecular flexibility index (Phi) is 8.82. The summed E-state index contributed by atoms with van der Waals surface area (Å²) in [6.07, 6.45) is 5.43. The first-order chi connectivity index (χ1) is 6.84. The van der Waals surface area contributed by atoms with Crippen LogP contribution in [0.3, 0.4) is 0 Å². The van der Waals surface area contributed by atoms with Gasteiger partial charge in [0.05, 0.1) is 13.2 Å². The smallest absolute Gasteiger partial charge is 0.222 e. The first-order valence-electron chi connectivity index (χ1n) is 5.70. The first kappa shape index (κ1) is 14.7. The summed E-state index contributed by atoms with van der Waals surface area (Å²) < 4.78 is 5.20. The number of carbonyl (C=O) groups is 1. The molecule has 0 aromatic carbocycles. The van der Waals surface area contributed by atoms with Crippen LogP contribution in [0.5, 0.6) is 0 Å². The Morgan fingerprint density at radius 2 is 1.87 bits per heavy atom. The molecule has 4 heteroatoms. The molecule has 1 rings (SSSR count). The van der Waals surface area contributed by atoms with Gasteiger partial charge in [-0.1, -0.05) is 26.2 Å². The third-order valence-electron chi connectivity index (χ3n) is 2.61. The normalized spacial score (nSPS) is 15.9. The lowest BCUT2D eigenvalue weighted by Gasteiger charge is -2.26. The highest BCUT2D eigenvalue weighted by molar-refractivity contribution is 5.85. The molecule has 1 saturated heterocycles. The van der Waals surface area contributed by atoms with Crippen LogP contribution in [-0.4, -0.2) is 37.1 Å². The zero-order valence-electron chi connectivity index (χ0n) is 9.54. The minimum absolute atomic E-state index is 0. The molecule has 0 N–H and O–H groups in total. The summed E-state index contributed by atoms with van der Waals surface area (Å²) in [4.78, 5) is 13.6. The number of carbonyl (C=O) groups excluding carboxylic acids is 1. The van der Waals surface area contributed by atoms with E-state index in [4.69, 9.17) is 4.74 Å². The molecule has 90 valence electrons. The summed E-state index contributed by atoms with van der Waals surface area (Å²) in [5, 5.41) is 0. The molecule has 1 aliphatic rings. The third-order valence-corrected chi connectivity index (χ3v) is 2.61. The lowest BCUT2D eigenvalue weighted by molar-refractivity contribution is -0.135. The maximum atomic E-state index is 11.6. The van der Waals surface area contributed by atoms with Gasteiger partial charge in [-0.3, -0.25) is 4.79 Å². The highest BCUT2D eigenvalue weighted by Crippen LogP contribution is 2.06. The summed E-state index contributed by atoms with van der Waals surface area (Å²) in [7, 11) is 0. The van der Waals surface area contributed by atoms with Crippen molar-refractivity contribution in [2.45, 2.75) is 39.0 Å². The van der Waals surface area contributed by atoms with E-state index in [0.29, 0.717) is 19.1 Å². The van der Waals surface area contributed by atoms with Gasteiger partial charge in [0.25, 0.3) is 0 Å². The van der Waals surface area contributed by atoms with Crippen LogP contribution >= 0.6 is 12.4 Å². The van der Waals surface area contributed by atoms with E-state index < -0.39 is 0 Å². The average Bonchev–Trinajstić information content (AvgIpc) is 2.25. The molecule has 0 radical (unpaired) electrons. The maximum Gasteiger partial charge on any atom is 0.222 e. The predicted octanol–water partition coefficient (Wildman–Crippen LogP) is 2.24. The number of hydrogen-bond acceptors (Lipinski definition) is 2. The summed E-state index contributed by atoms with van der Waals surface area (Å²) in [6, 6.07) is 0. The van der Waals surface area contributed by atoms with Crippen molar-refractivity contribution in [3.05, 3.63) is 0 Å². The Balaban J connectivity index is 0.00000196. The van der Waals surface area contributed by atoms with E-state index >= 15 is 0 Å². The van der Waals surface area contributed by atoms with E-state index in [0.717, 1.165) is 25.9 Å². The average molecular weight is 236 g/mol. The van der Waals surface area contributed by atoms with Gasteiger partial charge in [-0.15, -0.1) is 12.4 Å². The molecule has 3 nitrogen and oxygen atoms in total. The van der Waals surface area contributed by atoms with Gasteiger partial charge in [-0.2, -0.15) is 0 Å². The van der Waals surface area contributed by atoms with Gasteiger partial charge >= 0.3 is 0 Å². The van der Waals surface area contributed by atoms with Crippen LogP contribution in [0, 0.1) is 0 Å². The van der Waals surface area contributed by atoms with Crippen LogP contribution in [0.2, 0.25) is 0 Å². The molecule has 0 aliphatic carbocycles. The Bertz CT molecular complexity index is 170. The molecule has 0 aromatic rings. The highest BCUT2D eigenvalue weighted by atomic mass is 35.5. The van der Waals surface area contributed by atoms with E-state index in [2.05, 4.69) is 6.92 Å². The molecule has 1 aliphatic heterocycles. The topological polar surface area (TPSA) is 29.5 Å². The fourth-order valence-electron chi connectivity index (χ4n) is 1.67. The van der Waals surface area contributed by atoms with E-state index in [1.54, 1.807) is 0 Å². The van der Waals surface area contributed by atoms with Gasteiger partial charge in [-0.05, 0) is 6.42 Å². The van der Waals surface area contributed by atoms with Crippen LogP contribution in [0.15, 0.2) is 0 Å². The molecule has 15 heavy (non-hydrogen) atoms. The van der Waals surface area contributed by atoms with Gasteiger partial charge in [0.15, 0.2) is 0 Å². The number of ether oxygens (including phenoxy) is 1. The van der Waals surface area contributed by atoms with Gasteiger partial charge in [0.2, 0.25) is 5.91 Å². The van der Waals surface area contributed by atoms with Crippen molar-refractivity contribution < 1.29 is 9.53 Å². The molecular weight excluding hydrogens is 214 g/mol. The lowest BCUT2D eigenvalue weighted by atomic mass is 10.1. The van der Waals surface area contributed by atoms with E-state index in [1.807, 2.05) is 4.90 Å². The summed E-state index contributed by atoms with van der Waals surface area (Å²) in [5.74, 6) is 0.310. The first-order valence-corrected chi connectivity index (χ1v) is 5.70.